The molecule has 3 fully saturated rings. The molecule has 0 spiro atoms. The van der Waals surface area contributed by atoms with Gasteiger partial charge >= 0.3 is 155 Å². The summed E-state index contributed by atoms with van der Waals surface area (Å²) in [7, 11) is 6.23. The van der Waals surface area contributed by atoms with Gasteiger partial charge in [-0.2, -0.15) is 0 Å². The van der Waals surface area contributed by atoms with Gasteiger partial charge in [0, 0.05) is 0 Å². The average molecular weight is 519 g/mol. The Morgan fingerprint density at radius 2 is 1.91 bits per heavy atom. The van der Waals surface area contributed by atoms with E-state index in [1.165, 1.54) is 5.57 Å². The zero-order valence-corrected chi connectivity index (χ0v) is 20.3. The summed E-state index contributed by atoms with van der Waals surface area (Å²) < 4.78 is 0.981. The van der Waals surface area contributed by atoms with Crippen molar-refractivity contribution in [3.63, 3.8) is 0 Å². The van der Waals surface area contributed by atoms with E-state index in [2.05, 4.69) is 19.9 Å². The van der Waals surface area contributed by atoms with E-state index in [1.54, 1.807) is 0 Å². The summed E-state index contributed by atoms with van der Waals surface area (Å²) in [5.41, 5.74) is 1.29. The molecule has 4 aliphatic carbocycles. The molecule has 0 aliphatic heterocycles. The number of fused-ring (bicyclic) bond motifs is 5. The number of ketones is 2. The molecular formula is C19H23ClHgO2. The van der Waals surface area contributed by atoms with Gasteiger partial charge in [0.05, 0.1) is 0 Å². The predicted molar refractivity (Wildman–Crippen MR) is 86.4 cm³/mol. The van der Waals surface area contributed by atoms with Crippen molar-refractivity contribution in [2.24, 2.45) is 28.6 Å². The molecule has 3 saturated carbocycles. The number of hydrogen-bond acceptors (Lipinski definition) is 2. The predicted octanol–water partition coefficient (Wildman–Crippen LogP) is 4.43. The van der Waals surface area contributed by atoms with Crippen molar-refractivity contribution >= 4 is 19.8 Å². The van der Waals surface area contributed by atoms with E-state index < -0.39 is 23.3 Å². The van der Waals surface area contributed by atoms with Crippen molar-refractivity contribution in [1.29, 1.82) is 0 Å². The molecule has 0 heterocycles. The van der Waals surface area contributed by atoms with Crippen LogP contribution in [0.5, 0.6) is 0 Å². The molecular weight excluding hydrogens is 496 g/mol. The van der Waals surface area contributed by atoms with Crippen LogP contribution in [0, 0.1) is 28.6 Å². The van der Waals surface area contributed by atoms with Gasteiger partial charge in [-0.1, -0.05) is 0 Å². The van der Waals surface area contributed by atoms with Gasteiger partial charge in [0.2, 0.25) is 0 Å². The topological polar surface area (TPSA) is 34.1 Å². The van der Waals surface area contributed by atoms with E-state index in [4.69, 9.17) is 8.25 Å². The van der Waals surface area contributed by atoms with Crippen LogP contribution < -0.4 is 0 Å². The first kappa shape index (κ1) is 16.5. The van der Waals surface area contributed by atoms with Crippen LogP contribution in [-0.2, 0) is 32.9 Å². The Morgan fingerprint density at radius 1 is 1.13 bits per heavy atom. The molecule has 120 valence electrons. The van der Waals surface area contributed by atoms with Gasteiger partial charge in [0.25, 0.3) is 0 Å². The molecule has 0 N–H and O–H groups in total. The Labute approximate surface area is 154 Å². The number of allylic oxidation sites excluding steroid dienone is 4. The van der Waals surface area contributed by atoms with Crippen LogP contribution in [0.2, 0.25) is 0 Å². The van der Waals surface area contributed by atoms with Crippen LogP contribution in [0.4, 0.5) is 0 Å². The number of rotatable bonds is 1. The van der Waals surface area contributed by atoms with E-state index in [0.717, 1.165) is 41.6 Å². The van der Waals surface area contributed by atoms with Gasteiger partial charge in [0.1, 0.15) is 0 Å². The molecule has 4 rings (SSSR count). The van der Waals surface area contributed by atoms with E-state index in [-0.39, 0.29) is 16.6 Å². The third-order valence-electron chi connectivity index (χ3n) is 7.60. The molecule has 0 saturated heterocycles. The van der Waals surface area contributed by atoms with Crippen molar-refractivity contribution < 1.29 is 32.9 Å². The van der Waals surface area contributed by atoms with Crippen LogP contribution in [0.3, 0.4) is 0 Å². The quantitative estimate of drug-likeness (QED) is 0.481. The first-order chi connectivity index (χ1) is 10.9. The second-order valence-corrected chi connectivity index (χ2v) is 14.8. The Balaban J connectivity index is 1.73. The zero-order chi connectivity index (χ0) is 16.4. The molecule has 4 aliphatic rings. The van der Waals surface area contributed by atoms with Crippen molar-refractivity contribution in [3.05, 3.63) is 20.8 Å². The van der Waals surface area contributed by atoms with Crippen LogP contribution in [0.15, 0.2) is 20.8 Å². The van der Waals surface area contributed by atoms with Gasteiger partial charge in [0.15, 0.2) is 0 Å². The zero-order valence-electron chi connectivity index (χ0n) is 14.0. The fourth-order valence-corrected chi connectivity index (χ4v) is 10.9. The average Bonchev–Trinajstić information content (AvgIpc) is 2.83. The number of Topliss-reactive ketones (excluding diaryl/α,β-unsaturated/α-hetero) is 1. The summed E-state index contributed by atoms with van der Waals surface area (Å²) in [6.07, 6.45) is 10.4. The van der Waals surface area contributed by atoms with Crippen molar-refractivity contribution in [1.82, 2.24) is 0 Å². The molecule has 4 heteroatoms. The summed E-state index contributed by atoms with van der Waals surface area (Å²) in [5.74, 6) is 2.48. The summed E-state index contributed by atoms with van der Waals surface area (Å²) in [4.78, 5) is 24.7. The normalized spacial score (nSPS) is 45.4. The minimum absolute atomic E-state index is 0.0218. The maximum atomic E-state index is 12.4. The summed E-state index contributed by atoms with van der Waals surface area (Å²) >= 11 is -1.70. The molecule has 2 nitrogen and oxygen atoms in total. The molecule has 23 heavy (non-hydrogen) atoms. The standard InChI is InChI=1S/C19H23O2.ClH.Hg/c1-18-9-7-13(20)11-12(18)3-4-14-15-5-6-17(21)19(15,2)10-8-16(14)18;;/h9,11,14-16H,3-6,8,10H2,1-2H3;1H;/q;;+1/p-1/t14?,15?,16?,18-,19-;;/m0../s1. The van der Waals surface area contributed by atoms with Crippen LogP contribution >= 0.6 is 8.25 Å². The summed E-state index contributed by atoms with van der Waals surface area (Å²) in [5, 5.41) is 0. The van der Waals surface area contributed by atoms with Crippen molar-refractivity contribution in [2.75, 3.05) is 0 Å². The first-order valence-electron chi connectivity index (χ1n) is 8.96. The second-order valence-electron chi connectivity index (χ2n) is 8.45. The minimum atomic E-state index is -1.70. The van der Waals surface area contributed by atoms with Gasteiger partial charge in [-0.15, -0.1) is 0 Å². The number of halogens is 1. The fourth-order valence-electron chi connectivity index (χ4n) is 6.25. The van der Waals surface area contributed by atoms with Crippen molar-refractivity contribution in [2.45, 2.75) is 52.4 Å². The molecule has 0 aromatic heterocycles. The first-order valence-corrected chi connectivity index (χ1v) is 18.5. The molecule has 0 aromatic rings. The van der Waals surface area contributed by atoms with E-state index in [9.17, 15) is 9.59 Å². The third kappa shape index (κ3) is 2.23. The Kier molecular flexibility index (Phi) is 3.96. The van der Waals surface area contributed by atoms with Gasteiger partial charge < -0.3 is 0 Å². The molecule has 3 unspecified atom stereocenters. The Bertz CT molecular complexity index is 652. The number of carbonyl (C=O) groups is 2. The van der Waals surface area contributed by atoms with Crippen LogP contribution in [0.25, 0.3) is 0 Å². The Hall–Kier alpha value is 0.0451. The van der Waals surface area contributed by atoms with Gasteiger partial charge in [-0.3, -0.25) is 0 Å². The monoisotopic (exact) mass is 520 g/mol. The Morgan fingerprint density at radius 3 is 2.65 bits per heavy atom. The molecule has 0 radical (unpaired) electrons. The van der Waals surface area contributed by atoms with Crippen molar-refractivity contribution in [3.8, 4) is 0 Å². The second kappa shape index (κ2) is 5.52. The summed E-state index contributed by atoms with van der Waals surface area (Å²) in [6.45, 7) is 4.56. The van der Waals surface area contributed by atoms with Gasteiger partial charge in [-0.25, -0.2) is 0 Å². The van der Waals surface area contributed by atoms with Crippen LogP contribution in [0.1, 0.15) is 52.4 Å². The molecule has 5 atom stereocenters. The summed E-state index contributed by atoms with van der Waals surface area (Å²) in [6, 6.07) is 0. The molecule has 0 aromatic carbocycles. The SMILES string of the molecule is C[C@]12C=[C]([Hg][Cl])C(=O)C=C1CCC1C2CC[C@]2(C)C(=O)CCC12. The fraction of sp³-hybridized carbons (Fsp3) is 0.684. The van der Waals surface area contributed by atoms with Gasteiger partial charge in [-0.05, 0) is 0 Å². The van der Waals surface area contributed by atoms with E-state index in [1.807, 2.05) is 6.08 Å². The number of hydrogen-bond donors (Lipinski definition) is 0. The molecule has 0 bridgehead atoms. The number of carbonyl (C=O) groups excluding carboxylic acids is 2. The molecule has 0 amide bonds. The third-order valence-corrected chi connectivity index (χ3v) is 13.4. The maximum absolute atomic E-state index is 12.4. The van der Waals surface area contributed by atoms with E-state index in [0.29, 0.717) is 23.5 Å². The van der Waals surface area contributed by atoms with Crippen LogP contribution in [-0.4, -0.2) is 11.6 Å². The van der Waals surface area contributed by atoms with E-state index >= 15 is 0 Å².